The molecule has 0 saturated carbocycles. The maximum Gasteiger partial charge on any atom is 0.0705 e. The topological polar surface area (TPSA) is 0 Å². The Hall–Kier alpha value is -2.78. The molecule has 0 N–H and O–H groups in total. The van der Waals surface area contributed by atoms with Crippen LogP contribution in [0.1, 0.15) is 48.9 Å². The van der Waals surface area contributed by atoms with Gasteiger partial charge in [-0.15, -0.1) is 0 Å². The van der Waals surface area contributed by atoms with Crippen molar-refractivity contribution in [2.24, 2.45) is 0 Å². The normalized spacial score (nSPS) is 12.1. The average molecular weight is 324 g/mol. The summed E-state index contributed by atoms with van der Waals surface area (Å²) in [5, 5.41) is 0. The molecule has 3 aromatic carbocycles. The zero-order valence-corrected chi connectivity index (χ0v) is 15.2. The zero-order chi connectivity index (χ0) is 17.7. The largest absolute Gasteiger partial charge is 0.0848 e. The number of benzene rings is 3. The van der Waals surface area contributed by atoms with E-state index in [0.717, 1.165) is 5.56 Å². The monoisotopic (exact) mass is 324 g/mol. The summed E-state index contributed by atoms with van der Waals surface area (Å²) in [7, 11) is 0. The molecule has 25 heavy (non-hydrogen) atoms. The van der Waals surface area contributed by atoms with Crippen LogP contribution in [0.15, 0.2) is 84.9 Å². The van der Waals surface area contributed by atoms with Crippen LogP contribution in [0, 0.1) is 11.8 Å². The van der Waals surface area contributed by atoms with Crippen molar-refractivity contribution in [3.05, 3.63) is 107 Å². The lowest BCUT2D eigenvalue weighted by Crippen LogP contribution is -2.11. The van der Waals surface area contributed by atoms with Gasteiger partial charge >= 0.3 is 0 Å². The molecule has 0 aliphatic heterocycles. The molecule has 0 nitrogen and oxygen atoms in total. The summed E-state index contributed by atoms with van der Waals surface area (Å²) in [6.07, 6.45) is 0. The zero-order valence-electron chi connectivity index (χ0n) is 15.2. The van der Waals surface area contributed by atoms with Gasteiger partial charge in [0.2, 0.25) is 0 Å². The molecule has 0 radical (unpaired) electrons. The first-order valence-electron chi connectivity index (χ1n) is 8.76. The van der Waals surface area contributed by atoms with Crippen LogP contribution < -0.4 is 0 Å². The molecular weight excluding hydrogens is 300 g/mol. The summed E-state index contributed by atoms with van der Waals surface area (Å²) < 4.78 is 0. The standard InChI is InChI=1S/C25H24/c1-25(2,3)23-17-15-22(16-18-23)24(21-12-8-5-9-13-21)19-14-20-10-6-4-7-11-20/h4-13,15-18,24H,1-3H3. The van der Waals surface area contributed by atoms with Crippen molar-refractivity contribution in [2.45, 2.75) is 32.1 Å². The van der Waals surface area contributed by atoms with Gasteiger partial charge in [-0.2, -0.15) is 0 Å². The molecule has 0 aliphatic rings. The summed E-state index contributed by atoms with van der Waals surface area (Å²) in [4.78, 5) is 0. The fourth-order valence-electron chi connectivity index (χ4n) is 2.86. The predicted octanol–water partition coefficient (Wildman–Crippen LogP) is 6.17. The maximum atomic E-state index is 3.48. The summed E-state index contributed by atoms with van der Waals surface area (Å²) in [5.74, 6) is 6.89. The lowest BCUT2D eigenvalue weighted by molar-refractivity contribution is 0.590. The first-order chi connectivity index (χ1) is 12.0. The Balaban J connectivity index is 1.99. The van der Waals surface area contributed by atoms with Gasteiger partial charge in [0.05, 0.1) is 5.92 Å². The molecule has 0 aromatic heterocycles. The molecule has 3 rings (SSSR count). The molecule has 3 aromatic rings. The van der Waals surface area contributed by atoms with Gasteiger partial charge in [-0.1, -0.05) is 105 Å². The second-order valence-electron chi connectivity index (χ2n) is 7.35. The Morgan fingerprint density at radius 3 is 1.72 bits per heavy atom. The molecule has 0 amide bonds. The SMILES string of the molecule is CC(C)(C)c1ccc(C(C#Cc2ccccc2)c2ccccc2)cc1. The van der Waals surface area contributed by atoms with Crippen LogP contribution in [0.25, 0.3) is 0 Å². The second-order valence-corrected chi connectivity index (χ2v) is 7.35. The van der Waals surface area contributed by atoms with Crippen LogP contribution in [0.4, 0.5) is 0 Å². The lowest BCUT2D eigenvalue weighted by atomic mass is 9.84. The minimum atomic E-state index is 0.0791. The molecule has 0 fully saturated rings. The fraction of sp³-hybridized carbons (Fsp3) is 0.200. The van der Waals surface area contributed by atoms with E-state index in [1.54, 1.807) is 0 Å². The highest BCUT2D eigenvalue weighted by atomic mass is 14.2. The van der Waals surface area contributed by atoms with E-state index < -0.39 is 0 Å². The number of hydrogen-bond donors (Lipinski definition) is 0. The first-order valence-corrected chi connectivity index (χ1v) is 8.76. The van der Waals surface area contributed by atoms with E-state index >= 15 is 0 Å². The quantitative estimate of drug-likeness (QED) is 0.495. The summed E-state index contributed by atoms with van der Waals surface area (Å²) in [6.45, 7) is 6.73. The molecule has 0 spiro atoms. The van der Waals surface area contributed by atoms with E-state index in [1.165, 1.54) is 16.7 Å². The van der Waals surface area contributed by atoms with E-state index in [9.17, 15) is 0 Å². The first kappa shape index (κ1) is 17.1. The van der Waals surface area contributed by atoms with Gasteiger partial charge < -0.3 is 0 Å². The van der Waals surface area contributed by atoms with Crippen LogP contribution >= 0.6 is 0 Å². The van der Waals surface area contributed by atoms with Gasteiger partial charge in [0.15, 0.2) is 0 Å². The van der Waals surface area contributed by atoms with Crippen LogP contribution in [0.5, 0.6) is 0 Å². The van der Waals surface area contributed by atoms with E-state index in [4.69, 9.17) is 0 Å². The highest BCUT2D eigenvalue weighted by molar-refractivity contribution is 5.45. The van der Waals surface area contributed by atoms with Crippen molar-refractivity contribution in [3.63, 3.8) is 0 Å². The Kier molecular flexibility index (Phi) is 5.05. The third kappa shape index (κ3) is 4.40. The molecule has 0 aliphatic carbocycles. The van der Waals surface area contributed by atoms with Crippen molar-refractivity contribution in [2.75, 3.05) is 0 Å². The Morgan fingerprint density at radius 1 is 0.640 bits per heavy atom. The van der Waals surface area contributed by atoms with Crippen LogP contribution in [0.3, 0.4) is 0 Å². The Labute approximate surface area is 151 Å². The average Bonchev–Trinajstić information content (AvgIpc) is 2.63. The van der Waals surface area contributed by atoms with E-state index in [-0.39, 0.29) is 11.3 Å². The summed E-state index contributed by atoms with van der Waals surface area (Å²) in [6, 6.07) is 29.6. The van der Waals surface area contributed by atoms with Crippen LogP contribution in [-0.4, -0.2) is 0 Å². The van der Waals surface area contributed by atoms with Crippen molar-refractivity contribution in [1.82, 2.24) is 0 Å². The Morgan fingerprint density at radius 2 is 1.16 bits per heavy atom. The van der Waals surface area contributed by atoms with Gasteiger partial charge in [0, 0.05) is 5.56 Å². The summed E-state index contributed by atoms with van der Waals surface area (Å²) in [5.41, 5.74) is 5.03. The van der Waals surface area contributed by atoms with E-state index in [0.29, 0.717) is 0 Å². The van der Waals surface area contributed by atoms with Gasteiger partial charge in [-0.3, -0.25) is 0 Å². The number of hydrogen-bond acceptors (Lipinski definition) is 0. The molecule has 0 bridgehead atoms. The van der Waals surface area contributed by atoms with Gasteiger partial charge in [-0.25, -0.2) is 0 Å². The molecule has 0 heterocycles. The smallest absolute Gasteiger partial charge is 0.0705 e. The van der Waals surface area contributed by atoms with Crippen molar-refractivity contribution < 1.29 is 0 Å². The predicted molar refractivity (Wildman–Crippen MR) is 107 cm³/mol. The molecule has 124 valence electrons. The lowest BCUT2D eigenvalue weighted by Gasteiger charge is -2.20. The van der Waals surface area contributed by atoms with E-state index in [2.05, 4.69) is 93.3 Å². The minimum absolute atomic E-state index is 0.0791. The third-order valence-electron chi connectivity index (χ3n) is 4.38. The third-order valence-corrected chi connectivity index (χ3v) is 4.38. The van der Waals surface area contributed by atoms with Gasteiger partial charge in [0.1, 0.15) is 0 Å². The molecular formula is C25H24. The fourth-order valence-corrected chi connectivity index (χ4v) is 2.86. The summed E-state index contributed by atoms with van der Waals surface area (Å²) >= 11 is 0. The van der Waals surface area contributed by atoms with Crippen molar-refractivity contribution in [3.8, 4) is 11.8 Å². The second kappa shape index (κ2) is 7.41. The van der Waals surface area contributed by atoms with Crippen molar-refractivity contribution >= 4 is 0 Å². The van der Waals surface area contributed by atoms with E-state index in [1.807, 2.05) is 24.3 Å². The molecule has 1 atom stereocenters. The maximum absolute atomic E-state index is 3.48. The highest BCUT2D eigenvalue weighted by Gasteiger charge is 2.15. The van der Waals surface area contributed by atoms with Crippen LogP contribution in [-0.2, 0) is 5.41 Å². The molecule has 0 saturated heterocycles. The Bertz CT molecular complexity index is 855. The molecule has 1 unspecified atom stereocenters. The van der Waals surface area contributed by atoms with Crippen molar-refractivity contribution in [1.29, 1.82) is 0 Å². The van der Waals surface area contributed by atoms with Gasteiger partial charge in [-0.05, 0) is 34.2 Å². The minimum Gasteiger partial charge on any atom is -0.0848 e. The van der Waals surface area contributed by atoms with Crippen LogP contribution in [0.2, 0.25) is 0 Å². The molecule has 0 heteroatoms. The highest BCUT2D eigenvalue weighted by Crippen LogP contribution is 2.28. The van der Waals surface area contributed by atoms with Gasteiger partial charge in [0.25, 0.3) is 0 Å². The number of rotatable bonds is 2.